The van der Waals surface area contributed by atoms with Gasteiger partial charge in [0.05, 0.1) is 6.42 Å². The van der Waals surface area contributed by atoms with Crippen LogP contribution in [0.15, 0.2) is 18.2 Å². The van der Waals surface area contributed by atoms with E-state index < -0.39 is 11.7 Å². The Hall–Kier alpha value is -2.17. The molecule has 1 N–H and O–H groups in total. The molecule has 0 saturated carbocycles. The van der Waals surface area contributed by atoms with E-state index in [0.29, 0.717) is 12.1 Å². The molecule has 0 unspecified atom stereocenters. The van der Waals surface area contributed by atoms with Crippen LogP contribution in [0.1, 0.15) is 12.5 Å². The number of amides is 2. The number of nitrogens with one attached hydrogen (secondary N) is 1. The van der Waals surface area contributed by atoms with Crippen molar-refractivity contribution in [2.24, 2.45) is 0 Å². The highest BCUT2D eigenvalue weighted by Crippen LogP contribution is 2.27. The fourth-order valence-corrected chi connectivity index (χ4v) is 1.78. The lowest BCUT2D eigenvalue weighted by Gasteiger charge is -2.16. The van der Waals surface area contributed by atoms with Crippen LogP contribution in [0.3, 0.4) is 0 Å². The first-order chi connectivity index (χ1) is 7.99. The number of carbonyl (C=O) groups is 3. The summed E-state index contributed by atoms with van der Waals surface area (Å²) in [5.74, 6) is -1.14. The Kier molecular flexibility index (Phi) is 2.67. The maximum atomic E-state index is 11.5. The lowest BCUT2D eigenvalue weighted by atomic mass is 10.1. The molecule has 5 nitrogen and oxygen atoms in total. The third kappa shape index (κ3) is 2.04. The van der Waals surface area contributed by atoms with Gasteiger partial charge in [-0.25, -0.2) is 0 Å². The molecular weight excluding hydrogens is 220 g/mol. The van der Waals surface area contributed by atoms with E-state index in [1.165, 1.54) is 18.9 Å². The minimum absolute atomic E-state index is 0.0577. The number of likely N-dealkylation sites (N-methyl/N-ethyl adjacent to an activating group) is 1. The van der Waals surface area contributed by atoms with E-state index in [9.17, 15) is 14.4 Å². The maximum Gasteiger partial charge on any atom is 0.293 e. The van der Waals surface area contributed by atoms with Crippen LogP contribution in [0, 0.1) is 0 Å². The number of hydrogen-bond acceptors (Lipinski definition) is 3. The molecule has 1 aliphatic rings. The van der Waals surface area contributed by atoms with E-state index in [2.05, 4.69) is 5.32 Å². The molecule has 1 aromatic carbocycles. The topological polar surface area (TPSA) is 66.5 Å². The summed E-state index contributed by atoms with van der Waals surface area (Å²) in [6.07, 6.45) is 0.311. The van der Waals surface area contributed by atoms with Crippen molar-refractivity contribution in [2.45, 2.75) is 13.3 Å². The van der Waals surface area contributed by atoms with Gasteiger partial charge in [-0.3, -0.25) is 14.4 Å². The second-order valence-electron chi connectivity index (χ2n) is 3.99. The zero-order chi connectivity index (χ0) is 12.6. The van der Waals surface area contributed by atoms with Crippen LogP contribution in [-0.2, 0) is 20.8 Å². The van der Waals surface area contributed by atoms with Gasteiger partial charge in [0.25, 0.3) is 5.91 Å². The van der Waals surface area contributed by atoms with E-state index in [4.69, 9.17) is 0 Å². The zero-order valence-corrected chi connectivity index (χ0v) is 9.61. The Morgan fingerprint density at radius 2 is 2.06 bits per heavy atom. The molecule has 1 aliphatic heterocycles. The zero-order valence-electron chi connectivity index (χ0n) is 9.61. The number of benzene rings is 1. The number of nitrogens with zero attached hydrogens (tertiary/aromatic N) is 1. The van der Waals surface area contributed by atoms with Crippen molar-refractivity contribution in [3.8, 4) is 0 Å². The van der Waals surface area contributed by atoms with Crippen molar-refractivity contribution in [3.05, 3.63) is 23.8 Å². The molecule has 1 heterocycles. The van der Waals surface area contributed by atoms with Crippen molar-refractivity contribution in [3.63, 3.8) is 0 Å². The van der Waals surface area contributed by atoms with Crippen molar-refractivity contribution in [2.75, 3.05) is 17.3 Å². The normalized spacial score (nSPS) is 12.9. The molecule has 0 aliphatic carbocycles. The van der Waals surface area contributed by atoms with Crippen LogP contribution in [0.5, 0.6) is 0 Å². The summed E-state index contributed by atoms with van der Waals surface area (Å²) in [5.41, 5.74) is 2.22. The molecule has 88 valence electrons. The number of hydrogen-bond donors (Lipinski definition) is 1. The Morgan fingerprint density at radius 3 is 2.71 bits per heavy atom. The van der Waals surface area contributed by atoms with Crippen LogP contribution >= 0.6 is 0 Å². The average Bonchev–Trinajstić information content (AvgIpc) is 2.65. The molecule has 17 heavy (non-hydrogen) atoms. The van der Waals surface area contributed by atoms with Gasteiger partial charge in [-0.2, -0.15) is 0 Å². The third-order valence-electron chi connectivity index (χ3n) is 2.71. The monoisotopic (exact) mass is 232 g/mol. The fraction of sp³-hybridized carbons (Fsp3) is 0.250. The largest absolute Gasteiger partial charge is 0.326 e. The number of carbonyl (C=O) groups excluding carboxylic acids is 3. The molecule has 0 atom stereocenters. The van der Waals surface area contributed by atoms with Gasteiger partial charge in [-0.1, -0.05) is 0 Å². The van der Waals surface area contributed by atoms with Gasteiger partial charge in [0.2, 0.25) is 11.7 Å². The van der Waals surface area contributed by atoms with E-state index in [0.717, 1.165) is 11.3 Å². The van der Waals surface area contributed by atoms with Crippen molar-refractivity contribution in [1.82, 2.24) is 0 Å². The summed E-state index contributed by atoms with van der Waals surface area (Å²) in [4.78, 5) is 34.9. The molecule has 2 rings (SSSR count). The SMILES string of the molecule is CC(=O)C(=O)N(C)c1ccc2c(c1)CC(=O)N2. The lowest BCUT2D eigenvalue weighted by Crippen LogP contribution is -2.31. The Balaban J connectivity index is 2.30. The predicted octanol–water partition coefficient (Wildman–Crippen LogP) is 0.733. The predicted molar refractivity (Wildman–Crippen MR) is 62.9 cm³/mol. The molecule has 0 bridgehead atoms. The number of fused-ring (bicyclic) bond motifs is 1. The van der Waals surface area contributed by atoms with Crippen molar-refractivity contribution < 1.29 is 14.4 Å². The summed E-state index contributed by atoms with van der Waals surface area (Å²) in [6, 6.07) is 5.18. The smallest absolute Gasteiger partial charge is 0.293 e. The van der Waals surface area contributed by atoms with E-state index in [1.807, 2.05) is 0 Å². The second kappa shape index (κ2) is 4.01. The first-order valence-electron chi connectivity index (χ1n) is 5.20. The summed E-state index contributed by atoms with van der Waals surface area (Å²) < 4.78 is 0. The maximum absolute atomic E-state index is 11.5. The summed E-state index contributed by atoms with van der Waals surface area (Å²) in [6.45, 7) is 1.23. The summed E-state index contributed by atoms with van der Waals surface area (Å²) >= 11 is 0. The standard InChI is InChI=1S/C12H12N2O3/c1-7(15)12(17)14(2)9-3-4-10-8(5-9)6-11(16)13-10/h3-5H,6H2,1-2H3,(H,13,16). The Bertz CT molecular complexity index is 522. The van der Waals surface area contributed by atoms with Crippen LogP contribution in [-0.4, -0.2) is 24.6 Å². The third-order valence-corrected chi connectivity index (χ3v) is 2.71. The number of anilines is 2. The first-order valence-corrected chi connectivity index (χ1v) is 5.20. The molecular formula is C12H12N2O3. The van der Waals surface area contributed by atoms with E-state index in [-0.39, 0.29) is 5.91 Å². The van der Waals surface area contributed by atoms with Crippen molar-refractivity contribution >= 4 is 29.0 Å². The van der Waals surface area contributed by atoms with Gasteiger partial charge in [-0.15, -0.1) is 0 Å². The highest BCUT2D eigenvalue weighted by atomic mass is 16.2. The van der Waals surface area contributed by atoms with Gasteiger partial charge in [0.15, 0.2) is 0 Å². The molecule has 1 aromatic rings. The number of ketones is 1. The van der Waals surface area contributed by atoms with Crippen molar-refractivity contribution in [1.29, 1.82) is 0 Å². The average molecular weight is 232 g/mol. The summed E-state index contributed by atoms with van der Waals surface area (Å²) in [7, 11) is 1.54. The lowest BCUT2D eigenvalue weighted by molar-refractivity contribution is -0.134. The van der Waals surface area contributed by atoms with Gasteiger partial charge >= 0.3 is 0 Å². The molecule has 0 spiro atoms. The van der Waals surface area contributed by atoms with Gasteiger partial charge < -0.3 is 10.2 Å². The quantitative estimate of drug-likeness (QED) is 0.764. The molecule has 0 saturated heterocycles. The van der Waals surface area contributed by atoms with Gasteiger partial charge in [0.1, 0.15) is 0 Å². The Labute approximate surface area is 98.4 Å². The minimum Gasteiger partial charge on any atom is -0.326 e. The van der Waals surface area contributed by atoms with E-state index >= 15 is 0 Å². The minimum atomic E-state index is -0.567. The molecule has 0 aromatic heterocycles. The molecule has 0 radical (unpaired) electrons. The fourth-order valence-electron chi connectivity index (χ4n) is 1.78. The molecule has 0 fully saturated rings. The second-order valence-corrected chi connectivity index (χ2v) is 3.99. The van der Waals surface area contributed by atoms with Crippen LogP contribution in [0.4, 0.5) is 11.4 Å². The number of Topliss-reactive ketones (excluding diaryl/α,β-unsaturated/α-hetero) is 1. The van der Waals surface area contributed by atoms with Crippen LogP contribution in [0.25, 0.3) is 0 Å². The van der Waals surface area contributed by atoms with E-state index in [1.54, 1.807) is 18.2 Å². The Morgan fingerprint density at radius 1 is 1.35 bits per heavy atom. The molecule has 2 amide bonds. The van der Waals surface area contributed by atoms with Crippen LogP contribution < -0.4 is 10.2 Å². The van der Waals surface area contributed by atoms with Crippen LogP contribution in [0.2, 0.25) is 0 Å². The molecule has 5 heteroatoms. The highest BCUT2D eigenvalue weighted by molar-refractivity contribution is 6.40. The highest BCUT2D eigenvalue weighted by Gasteiger charge is 2.21. The number of rotatable bonds is 2. The first kappa shape index (κ1) is 11.3. The summed E-state index contributed by atoms with van der Waals surface area (Å²) in [5, 5.41) is 2.71. The van der Waals surface area contributed by atoms with Gasteiger partial charge in [0, 0.05) is 25.3 Å². The van der Waals surface area contributed by atoms with Gasteiger partial charge in [-0.05, 0) is 23.8 Å².